The number of hydrogen-bond acceptors (Lipinski definition) is 4. The highest BCUT2D eigenvalue weighted by Gasteiger charge is 2.31. The Hall–Kier alpha value is -0.750. The molecule has 0 saturated heterocycles. The van der Waals surface area contributed by atoms with Crippen molar-refractivity contribution in [1.29, 1.82) is 0 Å². The van der Waals surface area contributed by atoms with Crippen molar-refractivity contribution in [2.75, 3.05) is 24.7 Å². The first kappa shape index (κ1) is 19.3. The molecule has 0 heterocycles. The van der Waals surface area contributed by atoms with Gasteiger partial charge in [0.1, 0.15) is 6.61 Å². The summed E-state index contributed by atoms with van der Waals surface area (Å²) in [5.41, 5.74) is 0. The smallest absolute Gasteiger partial charge is 0.313 e. The summed E-state index contributed by atoms with van der Waals surface area (Å²) in [6, 6.07) is 0. The molecule has 3 atom stereocenters. The van der Waals surface area contributed by atoms with E-state index in [-0.39, 0.29) is 24.4 Å². The first-order valence-corrected chi connectivity index (χ1v) is 9.23. The number of carbonyl (C=O) groups excluding carboxylic acids is 1. The molecular formula is C16H29NO4S. The van der Waals surface area contributed by atoms with Crippen molar-refractivity contribution >= 4 is 23.6 Å². The standard InChI is InChI=1S/C16H29NO4S/c1-11(2)13-5-4-12(3)8-14(13)21-9-15(18)17-6-7-22-10-16(19)20/h11-14H,4-10H2,1-3H3,(H,17,18)(H,19,20). The molecule has 0 radical (unpaired) electrons. The van der Waals surface area contributed by atoms with Gasteiger partial charge in [0.05, 0.1) is 11.9 Å². The summed E-state index contributed by atoms with van der Waals surface area (Å²) in [6.45, 7) is 7.26. The molecule has 0 aliphatic heterocycles. The number of nitrogens with one attached hydrogen (secondary N) is 1. The number of thioether (sulfide) groups is 1. The van der Waals surface area contributed by atoms with Crippen molar-refractivity contribution in [2.45, 2.75) is 46.1 Å². The zero-order chi connectivity index (χ0) is 16.5. The van der Waals surface area contributed by atoms with Crippen molar-refractivity contribution < 1.29 is 19.4 Å². The summed E-state index contributed by atoms with van der Waals surface area (Å²) in [7, 11) is 0. The third kappa shape index (κ3) is 7.49. The van der Waals surface area contributed by atoms with Gasteiger partial charge in [-0.25, -0.2) is 0 Å². The Morgan fingerprint density at radius 1 is 1.36 bits per heavy atom. The van der Waals surface area contributed by atoms with E-state index in [2.05, 4.69) is 26.1 Å². The average molecular weight is 331 g/mol. The van der Waals surface area contributed by atoms with E-state index in [1.165, 1.54) is 24.6 Å². The van der Waals surface area contributed by atoms with Crippen LogP contribution in [0.1, 0.15) is 40.0 Å². The molecule has 2 N–H and O–H groups in total. The van der Waals surface area contributed by atoms with Crippen molar-refractivity contribution in [1.82, 2.24) is 5.32 Å². The molecule has 0 aromatic heterocycles. The fraction of sp³-hybridized carbons (Fsp3) is 0.875. The van der Waals surface area contributed by atoms with Gasteiger partial charge in [0.25, 0.3) is 0 Å². The zero-order valence-corrected chi connectivity index (χ0v) is 14.7. The van der Waals surface area contributed by atoms with Crippen LogP contribution in [0.25, 0.3) is 0 Å². The number of ether oxygens (including phenoxy) is 1. The molecule has 1 fully saturated rings. The minimum absolute atomic E-state index is 0.0718. The Kier molecular flexibility index (Phi) is 8.86. The second kappa shape index (κ2) is 10.1. The van der Waals surface area contributed by atoms with Gasteiger partial charge < -0.3 is 15.2 Å². The number of hydrogen-bond donors (Lipinski definition) is 2. The second-order valence-corrected chi connectivity index (χ2v) is 7.58. The number of amides is 1. The number of carbonyl (C=O) groups is 2. The van der Waals surface area contributed by atoms with Crippen LogP contribution < -0.4 is 5.32 Å². The fourth-order valence-electron chi connectivity index (χ4n) is 2.96. The van der Waals surface area contributed by atoms with Crippen LogP contribution in [0.5, 0.6) is 0 Å². The fourth-order valence-corrected chi connectivity index (χ4v) is 3.53. The summed E-state index contributed by atoms with van der Waals surface area (Å²) >= 11 is 1.30. The molecule has 1 aliphatic rings. The van der Waals surface area contributed by atoms with Crippen LogP contribution in [0.15, 0.2) is 0 Å². The van der Waals surface area contributed by atoms with Gasteiger partial charge in [-0.05, 0) is 30.6 Å². The molecule has 1 aliphatic carbocycles. The van der Waals surface area contributed by atoms with Crippen LogP contribution in [-0.4, -0.2) is 47.7 Å². The predicted octanol–water partition coefficient (Wildman–Crippen LogP) is 2.40. The number of rotatable bonds is 9. The molecular weight excluding hydrogens is 302 g/mol. The predicted molar refractivity (Wildman–Crippen MR) is 89.1 cm³/mol. The zero-order valence-electron chi connectivity index (χ0n) is 13.8. The molecule has 5 nitrogen and oxygen atoms in total. The summed E-state index contributed by atoms with van der Waals surface area (Å²) in [4.78, 5) is 22.1. The maximum Gasteiger partial charge on any atom is 0.313 e. The van der Waals surface area contributed by atoms with E-state index in [0.717, 1.165) is 6.42 Å². The van der Waals surface area contributed by atoms with E-state index in [1.54, 1.807) is 0 Å². The van der Waals surface area contributed by atoms with Gasteiger partial charge in [-0.3, -0.25) is 9.59 Å². The van der Waals surface area contributed by atoms with Gasteiger partial charge in [0, 0.05) is 12.3 Å². The maximum absolute atomic E-state index is 11.8. The van der Waals surface area contributed by atoms with Gasteiger partial charge >= 0.3 is 5.97 Å². The summed E-state index contributed by atoms with van der Waals surface area (Å²) in [5.74, 6) is 1.51. The summed E-state index contributed by atoms with van der Waals surface area (Å²) < 4.78 is 5.87. The van der Waals surface area contributed by atoms with Gasteiger partial charge in [-0.2, -0.15) is 0 Å². The third-order valence-corrected chi connectivity index (χ3v) is 5.13. The van der Waals surface area contributed by atoms with Crippen LogP contribution in [0.4, 0.5) is 0 Å². The van der Waals surface area contributed by atoms with Crippen molar-refractivity contribution in [2.24, 2.45) is 17.8 Å². The lowest BCUT2D eigenvalue weighted by Crippen LogP contribution is -2.38. The molecule has 22 heavy (non-hydrogen) atoms. The van der Waals surface area contributed by atoms with E-state index >= 15 is 0 Å². The first-order valence-electron chi connectivity index (χ1n) is 8.08. The molecule has 0 bridgehead atoms. The van der Waals surface area contributed by atoms with Gasteiger partial charge in [-0.15, -0.1) is 11.8 Å². The Morgan fingerprint density at radius 3 is 2.73 bits per heavy atom. The largest absolute Gasteiger partial charge is 0.481 e. The van der Waals surface area contributed by atoms with Gasteiger partial charge in [0.2, 0.25) is 5.91 Å². The third-order valence-electron chi connectivity index (χ3n) is 4.18. The van der Waals surface area contributed by atoms with Crippen LogP contribution >= 0.6 is 11.8 Å². The lowest BCUT2D eigenvalue weighted by molar-refractivity contribution is -0.134. The quantitative estimate of drug-likeness (QED) is 0.635. The van der Waals surface area contributed by atoms with Gasteiger partial charge in [0.15, 0.2) is 0 Å². The first-order chi connectivity index (χ1) is 10.4. The summed E-state index contributed by atoms with van der Waals surface area (Å²) in [5, 5.41) is 11.3. The Labute approximate surface area is 137 Å². The molecule has 0 spiro atoms. The SMILES string of the molecule is CC1CCC(C(C)C)C(OCC(=O)NCCSCC(=O)O)C1. The molecule has 0 aromatic rings. The van der Waals surface area contributed by atoms with Crippen LogP contribution in [-0.2, 0) is 14.3 Å². The lowest BCUT2D eigenvalue weighted by Gasteiger charge is -2.37. The van der Waals surface area contributed by atoms with E-state index in [9.17, 15) is 9.59 Å². The average Bonchev–Trinajstić information content (AvgIpc) is 2.44. The minimum Gasteiger partial charge on any atom is -0.481 e. The highest BCUT2D eigenvalue weighted by Crippen LogP contribution is 2.35. The Balaban J connectivity index is 2.22. The van der Waals surface area contributed by atoms with Crippen LogP contribution in [0, 0.1) is 17.8 Å². The van der Waals surface area contributed by atoms with Crippen molar-refractivity contribution in [3.63, 3.8) is 0 Å². The van der Waals surface area contributed by atoms with Crippen molar-refractivity contribution in [3.8, 4) is 0 Å². The molecule has 6 heteroatoms. The van der Waals surface area contributed by atoms with E-state index in [0.29, 0.717) is 30.1 Å². The number of aliphatic carboxylic acids is 1. The monoisotopic (exact) mass is 331 g/mol. The van der Waals surface area contributed by atoms with Crippen LogP contribution in [0.2, 0.25) is 0 Å². The second-order valence-electron chi connectivity index (χ2n) is 6.47. The van der Waals surface area contributed by atoms with Crippen LogP contribution in [0.3, 0.4) is 0 Å². The molecule has 1 amide bonds. The molecule has 3 unspecified atom stereocenters. The molecule has 1 rings (SSSR count). The van der Waals surface area contributed by atoms with Crippen molar-refractivity contribution in [3.05, 3.63) is 0 Å². The summed E-state index contributed by atoms with van der Waals surface area (Å²) in [6.07, 6.45) is 3.63. The van der Waals surface area contributed by atoms with E-state index in [1.807, 2.05) is 0 Å². The number of carboxylic acids is 1. The Bertz CT molecular complexity index is 362. The maximum atomic E-state index is 11.8. The van der Waals surface area contributed by atoms with E-state index in [4.69, 9.17) is 9.84 Å². The highest BCUT2D eigenvalue weighted by atomic mass is 32.2. The molecule has 0 aromatic carbocycles. The molecule has 128 valence electrons. The van der Waals surface area contributed by atoms with E-state index < -0.39 is 5.97 Å². The topological polar surface area (TPSA) is 75.6 Å². The normalized spacial score (nSPS) is 25.2. The highest BCUT2D eigenvalue weighted by molar-refractivity contribution is 7.99. The van der Waals surface area contributed by atoms with Gasteiger partial charge in [-0.1, -0.05) is 27.2 Å². The lowest BCUT2D eigenvalue weighted by atomic mass is 9.75. The molecule has 1 saturated carbocycles. The minimum atomic E-state index is -0.828. The Morgan fingerprint density at radius 2 is 2.09 bits per heavy atom. The number of carboxylic acid groups (broad SMARTS) is 1.